The summed E-state index contributed by atoms with van der Waals surface area (Å²) in [4.78, 5) is 36.1. The Morgan fingerprint density at radius 2 is 1.67 bits per heavy atom. The molecule has 2 saturated carbocycles. The van der Waals surface area contributed by atoms with Gasteiger partial charge in [-0.05, 0) is 56.8 Å². The number of alkyl halides is 1. The Hall–Kier alpha value is -1.37. The molecule has 6 atom stereocenters. The lowest BCUT2D eigenvalue weighted by atomic mass is 9.51. The second-order valence-corrected chi connectivity index (χ2v) is 10.7. The monoisotopic (exact) mass is 486 g/mol. The Kier molecular flexibility index (Phi) is 7.81. The first-order chi connectivity index (χ1) is 13.8. The second-order valence-electron chi connectivity index (χ2n) is 9.59. The number of hydrogen-bond acceptors (Lipinski definition) is 6. The molecule has 0 heterocycles. The summed E-state index contributed by atoms with van der Waals surface area (Å²) in [5.74, 6) is -0.883. The van der Waals surface area contributed by atoms with Crippen molar-refractivity contribution < 1.29 is 28.6 Å². The van der Waals surface area contributed by atoms with Crippen LogP contribution in [0, 0.1) is 23.2 Å². The molecule has 0 aliphatic heterocycles. The summed E-state index contributed by atoms with van der Waals surface area (Å²) in [5, 5.41) is 0. The van der Waals surface area contributed by atoms with E-state index in [1.165, 1.54) is 19.9 Å². The lowest BCUT2D eigenvalue weighted by Crippen LogP contribution is -2.64. The zero-order valence-electron chi connectivity index (χ0n) is 19.1. The standard InChI is InChI=1S/C23H35BrO6/c1-13(2)17-8-10-22(6)18(24)9-11-23(7,30-16(5)26)21(22)20(17)29-19(27)12-14(3)28-15(4)25/h12-13,17-18,20-21H,8-11H2,1-7H3/b14-12-/t17-,18-,20+,21-,22+,23-/m1/s1. The van der Waals surface area contributed by atoms with Crippen LogP contribution in [0.3, 0.4) is 0 Å². The molecule has 2 aliphatic rings. The number of ether oxygens (including phenoxy) is 3. The van der Waals surface area contributed by atoms with Gasteiger partial charge in [0.15, 0.2) is 0 Å². The average Bonchev–Trinajstić information content (AvgIpc) is 2.56. The van der Waals surface area contributed by atoms with Crippen LogP contribution in [0.1, 0.15) is 74.1 Å². The molecule has 6 nitrogen and oxygen atoms in total. The Balaban J connectivity index is 2.45. The minimum atomic E-state index is -0.724. The first-order valence-electron chi connectivity index (χ1n) is 10.7. The van der Waals surface area contributed by atoms with Gasteiger partial charge in [-0.3, -0.25) is 9.59 Å². The topological polar surface area (TPSA) is 78.9 Å². The van der Waals surface area contributed by atoms with Crippen molar-refractivity contribution in [2.75, 3.05) is 0 Å². The van der Waals surface area contributed by atoms with Crippen LogP contribution < -0.4 is 0 Å². The van der Waals surface area contributed by atoms with Gasteiger partial charge in [0.05, 0.1) is 6.08 Å². The number of rotatable bonds is 5. The minimum absolute atomic E-state index is 0.141. The lowest BCUT2D eigenvalue weighted by Gasteiger charge is -2.60. The van der Waals surface area contributed by atoms with Gasteiger partial charge in [0, 0.05) is 24.6 Å². The van der Waals surface area contributed by atoms with E-state index in [0.29, 0.717) is 12.3 Å². The maximum atomic E-state index is 12.8. The third-order valence-corrected chi connectivity index (χ3v) is 8.36. The summed E-state index contributed by atoms with van der Waals surface area (Å²) < 4.78 is 16.9. The molecule has 0 spiro atoms. The Morgan fingerprint density at radius 1 is 1.03 bits per heavy atom. The maximum absolute atomic E-state index is 12.8. The van der Waals surface area contributed by atoms with Gasteiger partial charge in [-0.15, -0.1) is 0 Å². The minimum Gasteiger partial charge on any atom is -0.459 e. The van der Waals surface area contributed by atoms with Crippen molar-refractivity contribution in [3.63, 3.8) is 0 Å². The van der Waals surface area contributed by atoms with E-state index in [0.717, 1.165) is 19.3 Å². The van der Waals surface area contributed by atoms with Crippen molar-refractivity contribution in [1.29, 1.82) is 0 Å². The number of carbonyl (C=O) groups is 3. The maximum Gasteiger partial charge on any atom is 0.334 e. The smallest absolute Gasteiger partial charge is 0.334 e. The molecular formula is C23H35BrO6. The van der Waals surface area contributed by atoms with Gasteiger partial charge in [-0.2, -0.15) is 0 Å². The summed E-state index contributed by atoms with van der Waals surface area (Å²) in [5.41, 5.74) is -0.911. The van der Waals surface area contributed by atoms with Gasteiger partial charge in [-0.1, -0.05) is 36.7 Å². The predicted octanol–water partition coefficient (Wildman–Crippen LogP) is 4.93. The Morgan fingerprint density at radius 3 is 2.20 bits per heavy atom. The van der Waals surface area contributed by atoms with E-state index in [9.17, 15) is 14.4 Å². The van der Waals surface area contributed by atoms with Crippen molar-refractivity contribution >= 4 is 33.8 Å². The van der Waals surface area contributed by atoms with E-state index in [2.05, 4.69) is 36.7 Å². The van der Waals surface area contributed by atoms with Gasteiger partial charge in [-0.25, -0.2) is 4.79 Å². The molecule has 0 amide bonds. The van der Waals surface area contributed by atoms with E-state index in [-0.39, 0.29) is 33.8 Å². The molecule has 7 heteroatoms. The Bertz CT molecular complexity index is 716. The second kappa shape index (κ2) is 9.41. The third-order valence-electron chi connectivity index (χ3n) is 6.86. The molecule has 0 aromatic rings. The fourth-order valence-electron chi connectivity index (χ4n) is 5.62. The van der Waals surface area contributed by atoms with E-state index >= 15 is 0 Å². The molecule has 0 unspecified atom stereocenters. The number of esters is 3. The number of halogens is 1. The molecular weight excluding hydrogens is 452 g/mol. The van der Waals surface area contributed by atoms with Gasteiger partial charge < -0.3 is 14.2 Å². The summed E-state index contributed by atoms with van der Waals surface area (Å²) in [6.07, 6.45) is 4.26. The van der Waals surface area contributed by atoms with Gasteiger partial charge in [0.1, 0.15) is 17.5 Å². The van der Waals surface area contributed by atoms with Crippen LogP contribution in [0.15, 0.2) is 11.8 Å². The van der Waals surface area contributed by atoms with Crippen molar-refractivity contribution in [3.8, 4) is 0 Å². The van der Waals surface area contributed by atoms with Crippen molar-refractivity contribution in [1.82, 2.24) is 0 Å². The molecule has 0 bridgehead atoms. The summed E-state index contributed by atoms with van der Waals surface area (Å²) >= 11 is 3.87. The van der Waals surface area contributed by atoms with Crippen molar-refractivity contribution in [3.05, 3.63) is 11.8 Å². The fraction of sp³-hybridized carbons (Fsp3) is 0.783. The van der Waals surface area contributed by atoms with E-state index in [1.807, 2.05) is 6.92 Å². The summed E-state index contributed by atoms with van der Waals surface area (Å²) in [6.45, 7) is 12.7. The quantitative estimate of drug-likeness (QED) is 0.180. The summed E-state index contributed by atoms with van der Waals surface area (Å²) in [6, 6.07) is 0. The zero-order chi connectivity index (χ0) is 22.9. The molecule has 30 heavy (non-hydrogen) atoms. The van der Waals surface area contributed by atoms with Crippen LogP contribution in [-0.2, 0) is 28.6 Å². The highest BCUT2D eigenvalue weighted by molar-refractivity contribution is 9.09. The summed E-state index contributed by atoms with van der Waals surface area (Å²) in [7, 11) is 0. The van der Waals surface area contributed by atoms with Crippen LogP contribution in [0.5, 0.6) is 0 Å². The molecule has 0 N–H and O–H groups in total. The molecule has 170 valence electrons. The van der Waals surface area contributed by atoms with E-state index < -0.39 is 23.6 Å². The normalized spacial score (nSPS) is 36.6. The van der Waals surface area contributed by atoms with Crippen LogP contribution in [0.2, 0.25) is 0 Å². The van der Waals surface area contributed by atoms with E-state index in [1.54, 1.807) is 6.92 Å². The number of carbonyl (C=O) groups excluding carboxylic acids is 3. The van der Waals surface area contributed by atoms with Crippen molar-refractivity contribution in [2.24, 2.45) is 23.2 Å². The highest BCUT2D eigenvalue weighted by Gasteiger charge is 2.62. The third kappa shape index (κ3) is 5.27. The predicted molar refractivity (Wildman–Crippen MR) is 117 cm³/mol. The fourth-order valence-corrected chi connectivity index (χ4v) is 6.36. The van der Waals surface area contributed by atoms with Gasteiger partial charge in [0.2, 0.25) is 0 Å². The largest absolute Gasteiger partial charge is 0.459 e. The highest BCUT2D eigenvalue weighted by Crippen LogP contribution is 2.60. The lowest BCUT2D eigenvalue weighted by molar-refractivity contribution is -0.214. The van der Waals surface area contributed by atoms with Crippen LogP contribution in [0.25, 0.3) is 0 Å². The van der Waals surface area contributed by atoms with Crippen LogP contribution in [-0.4, -0.2) is 34.4 Å². The molecule has 0 aromatic carbocycles. The zero-order valence-corrected chi connectivity index (χ0v) is 20.7. The molecule has 2 fully saturated rings. The number of allylic oxidation sites excluding steroid dienone is 1. The van der Waals surface area contributed by atoms with Crippen molar-refractivity contribution in [2.45, 2.75) is 90.7 Å². The highest BCUT2D eigenvalue weighted by atomic mass is 79.9. The molecule has 2 aliphatic carbocycles. The molecule has 0 aromatic heterocycles. The molecule has 0 saturated heterocycles. The van der Waals surface area contributed by atoms with Crippen LogP contribution in [0.4, 0.5) is 0 Å². The SMILES string of the molecule is CC(=O)O/C(C)=C\C(=O)O[C@H]1[C@@H](C(C)C)CC[C@@]2(C)[C@H](Br)CC[C@@](C)(OC(C)=O)[C@H]12. The number of fused-ring (bicyclic) bond motifs is 1. The molecule has 2 rings (SSSR count). The van der Waals surface area contributed by atoms with Gasteiger partial charge in [0.25, 0.3) is 0 Å². The van der Waals surface area contributed by atoms with Gasteiger partial charge >= 0.3 is 17.9 Å². The Labute approximate surface area is 188 Å². The first-order valence-corrected chi connectivity index (χ1v) is 11.6. The molecule has 0 radical (unpaired) electrons. The van der Waals surface area contributed by atoms with Crippen LogP contribution >= 0.6 is 15.9 Å². The first kappa shape index (κ1) is 24.9. The number of hydrogen-bond donors (Lipinski definition) is 0. The average molecular weight is 487 g/mol. The van der Waals surface area contributed by atoms with E-state index in [4.69, 9.17) is 14.2 Å².